The fourth-order valence-electron chi connectivity index (χ4n) is 3.27. The summed E-state index contributed by atoms with van der Waals surface area (Å²) in [5.74, 6) is -0.00321. The van der Waals surface area contributed by atoms with E-state index in [-0.39, 0.29) is 17.4 Å². The Labute approximate surface area is 158 Å². The first-order valence-electron chi connectivity index (χ1n) is 9.03. The molecule has 2 aromatic carbocycles. The number of rotatable bonds is 5. The highest BCUT2D eigenvalue weighted by Crippen LogP contribution is 2.19. The molecule has 3 rings (SSSR count). The van der Waals surface area contributed by atoms with Crippen molar-refractivity contribution in [2.45, 2.75) is 12.8 Å². The fraction of sp³-hybridized carbons (Fsp3) is 0.333. The number of nitrogens with zero attached hydrogens (tertiary/aromatic N) is 2. The first-order chi connectivity index (χ1) is 13.1. The molecular weight excluding hydrogens is 347 g/mol. The SMILES string of the molecule is COc1ccccc1CCC(=O)N1CCN(C(=O)c2ccccc2F)CC1. The molecule has 0 bridgehead atoms. The monoisotopic (exact) mass is 370 g/mol. The van der Waals surface area contributed by atoms with Crippen LogP contribution in [0.25, 0.3) is 0 Å². The van der Waals surface area contributed by atoms with Crippen molar-refractivity contribution in [3.8, 4) is 5.75 Å². The number of ether oxygens (including phenoxy) is 1. The molecule has 1 heterocycles. The average Bonchev–Trinajstić information content (AvgIpc) is 2.72. The van der Waals surface area contributed by atoms with Gasteiger partial charge in [-0.3, -0.25) is 9.59 Å². The highest BCUT2D eigenvalue weighted by atomic mass is 19.1. The number of halogens is 1. The Morgan fingerprint density at radius 2 is 1.59 bits per heavy atom. The number of carbonyl (C=O) groups is 2. The summed E-state index contributed by atoms with van der Waals surface area (Å²) in [6, 6.07) is 13.6. The van der Waals surface area contributed by atoms with E-state index in [4.69, 9.17) is 4.74 Å². The van der Waals surface area contributed by atoms with Gasteiger partial charge in [-0.15, -0.1) is 0 Å². The predicted octanol–water partition coefficient (Wildman–Crippen LogP) is 2.75. The lowest BCUT2D eigenvalue weighted by Crippen LogP contribution is -2.50. The number of para-hydroxylation sites is 1. The molecule has 0 radical (unpaired) electrons. The Hall–Kier alpha value is -2.89. The standard InChI is InChI=1S/C21H23FN2O3/c1-27-19-9-5-2-6-16(19)10-11-20(25)23-12-14-24(15-13-23)21(26)17-7-3-4-8-18(17)22/h2-9H,10-15H2,1H3. The number of carbonyl (C=O) groups excluding carboxylic acids is 2. The molecule has 1 saturated heterocycles. The molecule has 142 valence electrons. The van der Waals surface area contributed by atoms with Crippen LogP contribution in [0.2, 0.25) is 0 Å². The van der Waals surface area contributed by atoms with Crippen molar-refractivity contribution in [2.24, 2.45) is 0 Å². The van der Waals surface area contributed by atoms with Crippen molar-refractivity contribution in [1.82, 2.24) is 9.80 Å². The summed E-state index contributed by atoms with van der Waals surface area (Å²) in [5, 5.41) is 0. The molecule has 2 amide bonds. The first kappa shape index (κ1) is 18.9. The molecule has 0 spiro atoms. The summed E-state index contributed by atoms with van der Waals surface area (Å²) in [7, 11) is 1.62. The maximum absolute atomic E-state index is 13.8. The summed E-state index contributed by atoms with van der Waals surface area (Å²) in [5.41, 5.74) is 1.08. The van der Waals surface area contributed by atoms with Crippen LogP contribution in [0.15, 0.2) is 48.5 Å². The Morgan fingerprint density at radius 3 is 2.30 bits per heavy atom. The normalized spacial score (nSPS) is 14.1. The average molecular weight is 370 g/mol. The van der Waals surface area contributed by atoms with Crippen LogP contribution in [-0.2, 0) is 11.2 Å². The molecule has 2 aromatic rings. The second-order valence-corrected chi connectivity index (χ2v) is 6.46. The van der Waals surface area contributed by atoms with Crippen molar-refractivity contribution in [3.05, 3.63) is 65.5 Å². The first-order valence-corrected chi connectivity index (χ1v) is 9.03. The number of piperazine rings is 1. The van der Waals surface area contributed by atoms with Crippen molar-refractivity contribution >= 4 is 11.8 Å². The van der Waals surface area contributed by atoms with E-state index >= 15 is 0 Å². The van der Waals surface area contributed by atoms with Gasteiger partial charge in [-0.2, -0.15) is 0 Å². The molecular formula is C21H23FN2O3. The molecule has 0 atom stereocenters. The molecule has 0 N–H and O–H groups in total. The third kappa shape index (κ3) is 4.45. The third-order valence-electron chi connectivity index (χ3n) is 4.82. The van der Waals surface area contributed by atoms with E-state index in [1.54, 1.807) is 29.0 Å². The lowest BCUT2D eigenvalue weighted by molar-refractivity contribution is -0.132. The Morgan fingerprint density at radius 1 is 0.963 bits per heavy atom. The zero-order chi connectivity index (χ0) is 19.2. The van der Waals surface area contributed by atoms with Gasteiger partial charge < -0.3 is 14.5 Å². The summed E-state index contributed by atoms with van der Waals surface area (Å²) < 4.78 is 19.1. The van der Waals surface area contributed by atoms with Crippen LogP contribution < -0.4 is 4.74 Å². The number of amides is 2. The predicted molar refractivity (Wildman–Crippen MR) is 100 cm³/mol. The van der Waals surface area contributed by atoms with Crippen molar-refractivity contribution in [1.29, 1.82) is 0 Å². The van der Waals surface area contributed by atoms with Crippen LogP contribution in [0.3, 0.4) is 0 Å². The van der Waals surface area contributed by atoms with Gasteiger partial charge >= 0.3 is 0 Å². The van der Waals surface area contributed by atoms with Crippen LogP contribution >= 0.6 is 0 Å². The fourth-order valence-corrected chi connectivity index (χ4v) is 3.27. The molecule has 27 heavy (non-hydrogen) atoms. The molecule has 0 saturated carbocycles. The number of methoxy groups -OCH3 is 1. The van der Waals surface area contributed by atoms with E-state index in [0.29, 0.717) is 39.0 Å². The molecule has 1 aliphatic heterocycles. The van der Waals surface area contributed by atoms with Gasteiger partial charge in [0.15, 0.2) is 0 Å². The van der Waals surface area contributed by atoms with E-state index in [2.05, 4.69) is 0 Å². The highest BCUT2D eigenvalue weighted by Gasteiger charge is 2.26. The zero-order valence-corrected chi connectivity index (χ0v) is 15.4. The summed E-state index contributed by atoms with van der Waals surface area (Å²) in [4.78, 5) is 28.3. The largest absolute Gasteiger partial charge is 0.496 e. The second kappa shape index (κ2) is 8.66. The van der Waals surface area contributed by atoms with Crippen LogP contribution in [-0.4, -0.2) is 54.9 Å². The minimum Gasteiger partial charge on any atom is -0.496 e. The van der Waals surface area contributed by atoms with Crippen LogP contribution in [0.4, 0.5) is 4.39 Å². The second-order valence-electron chi connectivity index (χ2n) is 6.46. The summed E-state index contributed by atoms with van der Waals surface area (Å²) in [6.45, 7) is 1.75. The minimum absolute atomic E-state index is 0.0545. The van der Waals surface area contributed by atoms with Crippen LogP contribution in [0.1, 0.15) is 22.3 Å². The van der Waals surface area contributed by atoms with Gasteiger partial charge in [0.1, 0.15) is 11.6 Å². The quantitative estimate of drug-likeness (QED) is 0.813. The molecule has 6 heteroatoms. The van der Waals surface area contributed by atoms with Crippen molar-refractivity contribution in [2.75, 3.05) is 33.3 Å². The topological polar surface area (TPSA) is 49.9 Å². The maximum atomic E-state index is 13.8. The number of benzene rings is 2. The lowest BCUT2D eigenvalue weighted by Gasteiger charge is -2.35. The Balaban J connectivity index is 1.52. The molecule has 0 aromatic heterocycles. The van der Waals surface area contributed by atoms with Gasteiger partial charge in [0.2, 0.25) is 5.91 Å². The third-order valence-corrected chi connectivity index (χ3v) is 4.82. The van der Waals surface area contributed by atoms with Gasteiger partial charge in [0.05, 0.1) is 12.7 Å². The maximum Gasteiger partial charge on any atom is 0.256 e. The zero-order valence-electron chi connectivity index (χ0n) is 15.4. The summed E-state index contributed by atoms with van der Waals surface area (Å²) in [6.07, 6.45) is 0.999. The van der Waals surface area contributed by atoms with E-state index in [1.807, 2.05) is 24.3 Å². The van der Waals surface area contributed by atoms with Gasteiger partial charge in [-0.25, -0.2) is 4.39 Å². The van der Waals surface area contributed by atoms with Crippen molar-refractivity contribution < 1.29 is 18.7 Å². The van der Waals surface area contributed by atoms with Crippen LogP contribution in [0, 0.1) is 5.82 Å². The van der Waals surface area contributed by atoms with Crippen molar-refractivity contribution in [3.63, 3.8) is 0 Å². The van der Waals surface area contributed by atoms with E-state index < -0.39 is 5.82 Å². The Bertz CT molecular complexity index is 817. The van der Waals surface area contributed by atoms with Gasteiger partial charge in [0, 0.05) is 32.6 Å². The Kier molecular flexibility index (Phi) is 6.06. The smallest absolute Gasteiger partial charge is 0.256 e. The lowest BCUT2D eigenvalue weighted by atomic mass is 10.1. The highest BCUT2D eigenvalue weighted by molar-refractivity contribution is 5.94. The van der Waals surface area contributed by atoms with Crippen LogP contribution in [0.5, 0.6) is 5.75 Å². The molecule has 5 nitrogen and oxygen atoms in total. The molecule has 0 unspecified atom stereocenters. The molecule has 0 aliphatic carbocycles. The van der Waals surface area contributed by atoms with E-state index in [1.165, 1.54) is 12.1 Å². The summed E-state index contributed by atoms with van der Waals surface area (Å²) >= 11 is 0. The minimum atomic E-state index is -0.516. The van der Waals surface area contributed by atoms with E-state index in [0.717, 1.165) is 11.3 Å². The van der Waals surface area contributed by atoms with E-state index in [9.17, 15) is 14.0 Å². The van der Waals surface area contributed by atoms with Gasteiger partial charge in [0.25, 0.3) is 5.91 Å². The number of aryl methyl sites for hydroxylation is 1. The molecule has 1 fully saturated rings. The van der Waals surface area contributed by atoms with Gasteiger partial charge in [-0.1, -0.05) is 30.3 Å². The van der Waals surface area contributed by atoms with Gasteiger partial charge in [-0.05, 0) is 30.2 Å². The molecule has 1 aliphatic rings. The number of hydrogen-bond donors (Lipinski definition) is 0. The number of hydrogen-bond acceptors (Lipinski definition) is 3.